The Balaban J connectivity index is 3.28. The minimum Gasteiger partial charge on any atom is -0.397 e. The summed E-state index contributed by atoms with van der Waals surface area (Å²) in [6.07, 6.45) is 1.21. The number of carbonyl (C=O) groups excluding carboxylic acids is 1. The van der Waals surface area contributed by atoms with Crippen LogP contribution in [0.2, 0.25) is 0 Å². The van der Waals surface area contributed by atoms with Gasteiger partial charge in [0.15, 0.2) is 15.5 Å². The summed E-state index contributed by atoms with van der Waals surface area (Å²) in [5.74, 6) is -0.295. The van der Waals surface area contributed by atoms with Gasteiger partial charge in [-0.05, 0) is 47.6 Å². The van der Waals surface area contributed by atoms with Crippen molar-refractivity contribution in [3.8, 4) is 0 Å². The molecule has 1 rings (SSSR count). The molecule has 0 aliphatic carbocycles. The largest absolute Gasteiger partial charge is 0.397 e. The first kappa shape index (κ1) is 18.4. The Bertz CT molecular complexity index is 644. The number of nitrogens with two attached hydrogens (primary N) is 1. The topological polar surface area (TPSA) is 93.4 Å². The van der Waals surface area contributed by atoms with E-state index in [9.17, 15) is 13.2 Å². The monoisotopic (exact) mass is 327 g/mol. The van der Waals surface area contributed by atoms with E-state index < -0.39 is 15.1 Å². The molecule has 0 atom stereocenters. The number of nitrogen functional groups attached to an aromatic ring is 1. The van der Waals surface area contributed by atoms with Crippen LogP contribution in [-0.2, 0) is 9.84 Å². The first-order valence-electron chi connectivity index (χ1n) is 7.32. The van der Waals surface area contributed by atoms with Crippen molar-refractivity contribution in [2.75, 3.05) is 5.73 Å². The molecule has 0 saturated heterocycles. The molecule has 22 heavy (non-hydrogen) atoms. The average Bonchev–Trinajstić information content (AvgIpc) is 2.37. The summed E-state index contributed by atoms with van der Waals surface area (Å²) in [6, 6.07) is 1.30. The van der Waals surface area contributed by atoms with Crippen LogP contribution in [0.4, 0.5) is 5.69 Å². The Morgan fingerprint density at radius 2 is 1.64 bits per heavy atom. The van der Waals surface area contributed by atoms with Gasteiger partial charge in [-0.25, -0.2) is 13.4 Å². The Labute approximate surface area is 132 Å². The Morgan fingerprint density at radius 3 is 2.00 bits per heavy atom. The van der Waals surface area contributed by atoms with E-state index in [1.807, 2.05) is 27.7 Å². The minimum atomic E-state index is -3.46. The van der Waals surface area contributed by atoms with Gasteiger partial charge >= 0.3 is 0 Å². The number of sulfone groups is 1. The van der Waals surface area contributed by atoms with Crippen LogP contribution in [0, 0.1) is 0 Å². The third-order valence-electron chi connectivity index (χ3n) is 3.39. The molecule has 0 aliphatic heterocycles. The highest BCUT2D eigenvalue weighted by Crippen LogP contribution is 2.21. The maximum absolute atomic E-state index is 12.6. The van der Waals surface area contributed by atoms with Crippen molar-refractivity contribution in [2.24, 2.45) is 0 Å². The molecule has 0 spiro atoms. The maximum Gasteiger partial charge on any atom is 0.275 e. The van der Waals surface area contributed by atoms with E-state index in [4.69, 9.17) is 5.73 Å². The molecule has 6 nitrogen and oxygen atoms in total. The summed E-state index contributed by atoms with van der Waals surface area (Å²) < 4.78 is 24.2. The summed E-state index contributed by atoms with van der Waals surface area (Å²) in [6.45, 7) is 10.8. The predicted octanol–water partition coefficient (Wildman–Crippen LogP) is 2.10. The fourth-order valence-corrected chi connectivity index (χ4v) is 3.29. The Hall–Kier alpha value is -1.63. The van der Waals surface area contributed by atoms with E-state index in [0.29, 0.717) is 0 Å². The van der Waals surface area contributed by atoms with E-state index in [-0.39, 0.29) is 34.3 Å². The lowest BCUT2D eigenvalue weighted by Gasteiger charge is -2.30. The van der Waals surface area contributed by atoms with Crippen molar-refractivity contribution < 1.29 is 13.2 Å². The van der Waals surface area contributed by atoms with E-state index in [1.54, 1.807) is 18.7 Å². The van der Waals surface area contributed by atoms with Gasteiger partial charge < -0.3 is 10.6 Å². The summed E-state index contributed by atoms with van der Waals surface area (Å²) in [5, 5.41) is -0.571. The van der Waals surface area contributed by atoms with Gasteiger partial charge in [0.1, 0.15) is 0 Å². The van der Waals surface area contributed by atoms with Crippen molar-refractivity contribution in [1.29, 1.82) is 0 Å². The molecule has 124 valence electrons. The van der Waals surface area contributed by atoms with Gasteiger partial charge in [0.25, 0.3) is 5.91 Å². The van der Waals surface area contributed by atoms with Gasteiger partial charge in [-0.2, -0.15) is 0 Å². The predicted molar refractivity (Wildman–Crippen MR) is 87.4 cm³/mol. The molecule has 0 aliphatic rings. The van der Waals surface area contributed by atoms with Crippen molar-refractivity contribution in [2.45, 2.75) is 63.8 Å². The van der Waals surface area contributed by atoms with Gasteiger partial charge in [0.05, 0.1) is 15.8 Å². The lowest BCUT2D eigenvalue weighted by atomic mass is 10.2. The molecule has 1 aromatic rings. The molecule has 1 heterocycles. The van der Waals surface area contributed by atoms with Crippen molar-refractivity contribution in [3.05, 3.63) is 18.0 Å². The van der Waals surface area contributed by atoms with E-state index >= 15 is 0 Å². The third kappa shape index (κ3) is 3.58. The molecule has 0 fully saturated rings. The standard InChI is InChI=1S/C15H25N3O3S/c1-9(2)18(10(3)4)15(19)14-13(16)7-12(8-17-14)22(20,21)11(5)6/h7-11H,16H2,1-6H3. The smallest absolute Gasteiger partial charge is 0.275 e. The summed E-state index contributed by atoms with van der Waals surface area (Å²) in [4.78, 5) is 18.3. The number of aromatic nitrogens is 1. The van der Waals surface area contributed by atoms with Crippen molar-refractivity contribution >= 4 is 21.4 Å². The first-order valence-corrected chi connectivity index (χ1v) is 8.86. The molecular formula is C15H25N3O3S. The van der Waals surface area contributed by atoms with E-state index in [1.165, 1.54) is 12.3 Å². The van der Waals surface area contributed by atoms with Crippen LogP contribution in [-0.4, -0.2) is 41.5 Å². The second kappa shape index (κ2) is 6.64. The normalized spacial score (nSPS) is 12.2. The number of nitrogens with zero attached hydrogens (tertiary/aromatic N) is 2. The van der Waals surface area contributed by atoms with E-state index in [0.717, 1.165) is 0 Å². The number of rotatable bonds is 5. The molecule has 1 aromatic heterocycles. The lowest BCUT2D eigenvalue weighted by molar-refractivity contribution is 0.0638. The quantitative estimate of drug-likeness (QED) is 0.894. The van der Waals surface area contributed by atoms with Crippen LogP contribution >= 0.6 is 0 Å². The average molecular weight is 327 g/mol. The number of hydrogen-bond donors (Lipinski definition) is 1. The van der Waals surface area contributed by atoms with Gasteiger partial charge in [-0.3, -0.25) is 4.79 Å². The number of carbonyl (C=O) groups is 1. The summed E-state index contributed by atoms with van der Waals surface area (Å²) in [5.41, 5.74) is 6.05. The second-order valence-electron chi connectivity index (χ2n) is 6.10. The van der Waals surface area contributed by atoms with Crippen LogP contribution in [0.3, 0.4) is 0 Å². The van der Waals surface area contributed by atoms with Gasteiger partial charge in [0.2, 0.25) is 0 Å². The zero-order valence-electron chi connectivity index (χ0n) is 14.0. The van der Waals surface area contributed by atoms with Gasteiger partial charge in [-0.1, -0.05) is 0 Å². The molecule has 2 N–H and O–H groups in total. The Kier molecular flexibility index (Phi) is 5.56. The van der Waals surface area contributed by atoms with Crippen LogP contribution < -0.4 is 5.73 Å². The Morgan fingerprint density at radius 1 is 1.14 bits per heavy atom. The lowest BCUT2D eigenvalue weighted by Crippen LogP contribution is -2.42. The SMILES string of the molecule is CC(C)N(C(=O)c1ncc(S(=O)(=O)C(C)C)cc1N)C(C)C. The molecule has 0 saturated carbocycles. The number of anilines is 1. The number of pyridine rings is 1. The zero-order chi connectivity index (χ0) is 17.2. The number of amides is 1. The molecule has 0 unspecified atom stereocenters. The summed E-state index contributed by atoms with van der Waals surface area (Å²) >= 11 is 0. The third-order valence-corrected chi connectivity index (χ3v) is 5.51. The maximum atomic E-state index is 12.6. The van der Waals surface area contributed by atoms with Crippen LogP contribution in [0.5, 0.6) is 0 Å². The van der Waals surface area contributed by atoms with Gasteiger partial charge in [0, 0.05) is 18.3 Å². The molecule has 0 aromatic carbocycles. The first-order chi connectivity index (χ1) is 10.00. The minimum absolute atomic E-state index is 0.00669. The second-order valence-corrected chi connectivity index (χ2v) is 8.61. The molecule has 0 radical (unpaired) electrons. The highest BCUT2D eigenvalue weighted by Gasteiger charge is 2.26. The highest BCUT2D eigenvalue weighted by atomic mass is 32.2. The van der Waals surface area contributed by atoms with Crippen LogP contribution in [0.15, 0.2) is 17.2 Å². The van der Waals surface area contributed by atoms with Crippen LogP contribution in [0.25, 0.3) is 0 Å². The molecule has 1 amide bonds. The summed E-state index contributed by atoms with van der Waals surface area (Å²) in [7, 11) is -3.46. The molecule has 0 bridgehead atoms. The zero-order valence-corrected chi connectivity index (χ0v) is 14.8. The van der Waals surface area contributed by atoms with Crippen molar-refractivity contribution in [3.63, 3.8) is 0 Å². The van der Waals surface area contributed by atoms with E-state index in [2.05, 4.69) is 4.98 Å². The number of hydrogen-bond acceptors (Lipinski definition) is 5. The highest BCUT2D eigenvalue weighted by molar-refractivity contribution is 7.92. The fourth-order valence-electron chi connectivity index (χ4n) is 2.26. The molecule has 7 heteroatoms. The van der Waals surface area contributed by atoms with Crippen molar-refractivity contribution in [1.82, 2.24) is 9.88 Å². The molecular weight excluding hydrogens is 302 g/mol. The van der Waals surface area contributed by atoms with Crippen LogP contribution in [0.1, 0.15) is 52.0 Å². The fraction of sp³-hybridized carbons (Fsp3) is 0.600. The van der Waals surface area contributed by atoms with Gasteiger partial charge in [-0.15, -0.1) is 0 Å².